The second-order valence-electron chi connectivity index (χ2n) is 4.25. The molecule has 0 bridgehead atoms. The lowest BCUT2D eigenvalue weighted by Crippen LogP contribution is -2.50. The Labute approximate surface area is 83.4 Å². The molecule has 0 spiro atoms. The Morgan fingerprint density at radius 2 is 1.93 bits per heavy atom. The minimum atomic E-state index is -0.0302. The van der Waals surface area contributed by atoms with Crippen LogP contribution in [-0.2, 0) is 9.59 Å². The number of carbonyl (C=O) groups is 2. The highest BCUT2D eigenvalue weighted by Gasteiger charge is 2.36. The summed E-state index contributed by atoms with van der Waals surface area (Å²) in [4.78, 5) is 24.3. The van der Waals surface area contributed by atoms with E-state index in [0.717, 1.165) is 25.7 Å². The average Bonchev–Trinajstić information content (AvgIpc) is 2.46. The van der Waals surface area contributed by atoms with Gasteiger partial charge in [-0.15, -0.1) is 0 Å². The van der Waals surface area contributed by atoms with Crippen LogP contribution in [0.3, 0.4) is 0 Å². The fraction of sp³-hybridized carbons (Fsp3) is 0.800. The van der Waals surface area contributed by atoms with Crippen molar-refractivity contribution in [1.82, 2.24) is 4.90 Å². The van der Waals surface area contributed by atoms with E-state index in [1.165, 1.54) is 0 Å². The normalized spacial score (nSPS) is 33.9. The van der Waals surface area contributed by atoms with Gasteiger partial charge in [0.1, 0.15) is 0 Å². The Morgan fingerprint density at radius 3 is 2.50 bits per heavy atom. The fourth-order valence-corrected chi connectivity index (χ4v) is 2.43. The van der Waals surface area contributed by atoms with E-state index in [0.29, 0.717) is 0 Å². The van der Waals surface area contributed by atoms with E-state index in [1.54, 1.807) is 4.90 Å². The molecule has 1 saturated carbocycles. The van der Waals surface area contributed by atoms with E-state index in [2.05, 4.69) is 0 Å². The largest absolute Gasteiger partial charge is 0.330 e. The number of nitrogens with zero attached hydrogens (tertiary/aromatic N) is 1. The molecule has 2 rings (SSSR count). The van der Waals surface area contributed by atoms with Crippen LogP contribution in [0.2, 0.25) is 0 Å². The molecule has 4 heteroatoms. The molecule has 0 aromatic carbocycles. The summed E-state index contributed by atoms with van der Waals surface area (Å²) in [6, 6.07) is 0.182. The summed E-state index contributed by atoms with van der Waals surface area (Å²) in [7, 11) is 0. The third-order valence-corrected chi connectivity index (χ3v) is 3.20. The SMILES string of the molecule is NC1CCCCC1N1CC(=O)CC1=O. The lowest BCUT2D eigenvalue weighted by atomic mass is 9.90. The summed E-state index contributed by atoms with van der Waals surface area (Å²) in [5, 5.41) is 0. The predicted molar refractivity (Wildman–Crippen MR) is 51.6 cm³/mol. The highest BCUT2D eigenvalue weighted by atomic mass is 16.2. The van der Waals surface area contributed by atoms with E-state index >= 15 is 0 Å². The van der Waals surface area contributed by atoms with Gasteiger partial charge in [0.15, 0.2) is 5.78 Å². The molecular formula is C10H16N2O2. The van der Waals surface area contributed by atoms with Crippen LogP contribution in [0.25, 0.3) is 0 Å². The highest BCUT2D eigenvalue weighted by Crippen LogP contribution is 2.24. The van der Waals surface area contributed by atoms with Gasteiger partial charge in [-0.25, -0.2) is 0 Å². The molecule has 2 unspecified atom stereocenters. The molecule has 1 aliphatic heterocycles. The monoisotopic (exact) mass is 196 g/mol. The van der Waals surface area contributed by atoms with E-state index in [4.69, 9.17) is 5.73 Å². The molecule has 1 aliphatic carbocycles. The summed E-state index contributed by atoms with van der Waals surface area (Å²) in [6.45, 7) is 0.289. The minimum Gasteiger partial charge on any atom is -0.330 e. The van der Waals surface area contributed by atoms with Crippen molar-refractivity contribution >= 4 is 11.7 Å². The van der Waals surface area contributed by atoms with Crippen LogP contribution in [0.15, 0.2) is 0 Å². The minimum absolute atomic E-state index is 0.0302. The molecule has 78 valence electrons. The molecule has 14 heavy (non-hydrogen) atoms. The van der Waals surface area contributed by atoms with Crippen LogP contribution in [0.1, 0.15) is 32.1 Å². The van der Waals surface area contributed by atoms with Crippen molar-refractivity contribution < 1.29 is 9.59 Å². The van der Waals surface area contributed by atoms with Crippen molar-refractivity contribution in [2.45, 2.75) is 44.2 Å². The molecule has 2 atom stereocenters. The molecule has 2 aliphatic rings. The van der Waals surface area contributed by atoms with E-state index < -0.39 is 0 Å². The molecule has 2 N–H and O–H groups in total. The number of nitrogens with two attached hydrogens (primary N) is 1. The van der Waals surface area contributed by atoms with Gasteiger partial charge in [-0.3, -0.25) is 9.59 Å². The quantitative estimate of drug-likeness (QED) is 0.603. The van der Waals surface area contributed by atoms with Crippen molar-refractivity contribution in [3.8, 4) is 0 Å². The predicted octanol–water partition coefficient (Wildman–Crippen LogP) is 0.0577. The molecule has 0 aromatic rings. The van der Waals surface area contributed by atoms with Gasteiger partial charge in [-0.05, 0) is 12.8 Å². The lowest BCUT2D eigenvalue weighted by Gasteiger charge is -2.35. The number of ketones is 1. The Kier molecular flexibility index (Phi) is 2.54. The van der Waals surface area contributed by atoms with Crippen molar-refractivity contribution in [3.05, 3.63) is 0 Å². The molecule has 1 heterocycles. The molecule has 1 amide bonds. The third-order valence-electron chi connectivity index (χ3n) is 3.20. The lowest BCUT2D eigenvalue weighted by molar-refractivity contribution is -0.130. The second kappa shape index (κ2) is 3.69. The summed E-state index contributed by atoms with van der Waals surface area (Å²) in [6.07, 6.45) is 4.29. The average molecular weight is 196 g/mol. The Hall–Kier alpha value is -0.900. The summed E-state index contributed by atoms with van der Waals surface area (Å²) < 4.78 is 0. The maximum absolute atomic E-state index is 11.5. The number of amides is 1. The van der Waals surface area contributed by atoms with Crippen molar-refractivity contribution in [3.63, 3.8) is 0 Å². The molecule has 4 nitrogen and oxygen atoms in total. The topological polar surface area (TPSA) is 63.4 Å². The van der Waals surface area contributed by atoms with Crippen LogP contribution in [0, 0.1) is 0 Å². The Morgan fingerprint density at radius 1 is 1.21 bits per heavy atom. The van der Waals surface area contributed by atoms with Crippen molar-refractivity contribution in [2.24, 2.45) is 5.73 Å². The van der Waals surface area contributed by atoms with E-state index in [1.807, 2.05) is 0 Å². The highest BCUT2D eigenvalue weighted by molar-refractivity contribution is 6.05. The van der Waals surface area contributed by atoms with Gasteiger partial charge in [0.25, 0.3) is 0 Å². The molecule has 1 saturated heterocycles. The fourth-order valence-electron chi connectivity index (χ4n) is 2.43. The number of carbonyl (C=O) groups excluding carboxylic acids is 2. The zero-order chi connectivity index (χ0) is 10.1. The number of Topliss-reactive ketones (excluding diaryl/α,β-unsaturated/α-hetero) is 1. The van der Waals surface area contributed by atoms with Gasteiger partial charge in [0.05, 0.1) is 13.0 Å². The smallest absolute Gasteiger partial charge is 0.230 e. The number of hydrogen-bond acceptors (Lipinski definition) is 3. The number of rotatable bonds is 1. The first-order valence-electron chi connectivity index (χ1n) is 5.25. The first-order chi connectivity index (χ1) is 6.68. The Bertz CT molecular complexity index is 265. The van der Waals surface area contributed by atoms with Crippen LogP contribution < -0.4 is 5.73 Å². The van der Waals surface area contributed by atoms with Gasteiger partial charge in [-0.2, -0.15) is 0 Å². The number of hydrogen-bond donors (Lipinski definition) is 1. The van der Waals surface area contributed by atoms with E-state index in [9.17, 15) is 9.59 Å². The molecule has 2 fully saturated rings. The summed E-state index contributed by atoms with van der Waals surface area (Å²) in [5.41, 5.74) is 5.96. The zero-order valence-electron chi connectivity index (χ0n) is 8.24. The summed E-state index contributed by atoms with van der Waals surface area (Å²) >= 11 is 0. The first-order valence-corrected chi connectivity index (χ1v) is 5.25. The van der Waals surface area contributed by atoms with Gasteiger partial charge in [0.2, 0.25) is 5.91 Å². The van der Waals surface area contributed by atoms with Crippen LogP contribution in [0.4, 0.5) is 0 Å². The molecule has 0 radical (unpaired) electrons. The van der Waals surface area contributed by atoms with Gasteiger partial charge < -0.3 is 10.6 Å². The van der Waals surface area contributed by atoms with Crippen molar-refractivity contribution in [2.75, 3.05) is 6.54 Å². The third kappa shape index (κ3) is 1.66. The standard InChI is InChI=1S/C10H16N2O2/c11-8-3-1-2-4-9(8)12-6-7(13)5-10(12)14/h8-9H,1-6,11H2. The van der Waals surface area contributed by atoms with Gasteiger partial charge in [0, 0.05) is 12.1 Å². The van der Waals surface area contributed by atoms with Crippen LogP contribution in [-0.4, -0.2) is 35.2 Å². The van der Waals surface area contributed by atoms with Gasteiger partial charge >= 0.3 is 0 Å². The number of likely N-dealkylation sites (tertiary alicyclic amines) is 1. The molecule has 0 aromatic heterocycles. The zero-order valence-corrected chi connectivity index (χ0v) is 8.24. The summed E-state index contributed by atoms with van der Waals surface area (Å²) in [5.74, 6) is 0.00474. The first kappa shape index (κ1) is 9.65. The van der Waals surface area contributed by atoms with E-state index in [-0.39, 0.29) is 36.7 Å². The Balaban J connectivity index is 2.06. The van der Waals surface area contributed by atoms with Crippen molar-refractivity contribution in [1.29, 1.82) is 0 Å². The van der Waals surface area contributed by atoms with Gasteiger partial charge in [-0.1, -0.05) is 12.8 Å². The second-order valence-corrected chi connectivity index (χ2v) is 4.25. The maximum Gasteiger partial charge on any atom is 0.230 e. The van der Waals surface area contributed by atoms with Crippen LogP contribution in [0.5, 0.6) is 0 Å². The molecular weight excluding hydrogens is 180 g/mol. The maximum atomic E-state index is 11.5. The van der Waals surface area contributed by atoms with Crippen LogP contribution >= 0.6 is 0 Å².